The molecule has 5 nitrogen and oxygen atoms in total. The Hall–Kier alpha value is -4.61. The molecule has 200 valence electrons. The molecule has 0 amide bonds. The highest BCUT2D eigenvalue weighted by molar-refractivity contribution is 5.34. The van der Waals surface area contributed by atoms with Crippen LogP contribution in [0.25, 0.3) is 0 Å². The largest absolute Gasteiger partial charge is 0.475 e. The van der Waals surface area contributed by atoms with Crippen molar-refractivity contribution in [3.63, 3.8) is 0 Å². The number of ether oxygens (including phenoxy) is 1. The maximum absolute atomic E-state index is 13.5. The second kappa shape index (κ2) is 11.6. The van der Waals surface area contributed by atoms with Gasteiger partial charge in [-0.3, -0.25) is 4.79 Å². The summed E-state index contributed by atoms with van der Waals surface area (Å²) in [6.07, 6.45) is 1.63. The number of benzene rings is 4. The van der Waals surface area contributed by atoms with Gasteiger partial charge < -0.3 is 14.7 Å². The van der Waals surface area contributed by atoms with Crippen LogP contribution in [0.4, 0.5) is 0 Å². The standard InChI is InChI=1S/C35H31NO4/c37-31-23-30(33(38)25-21-22-25)36(40-35(28-17-9-3-10-18-28)29-19-11-4-12-20-29)24-32(31)39-34(26-13-5-1-6-14-26)27-15-7-2-8-16-27/h1-20,23-25,33-35,38H,21-22H2. The minimum Gasteiger partial charge on any atom is -0.475 e. The lowest BCUT2D eigenvalue weighted by Crippen LogP contribution is -2.27. The van der Waals surface area contributed by atoms with E-state index >= 15 is 0 Å². The van der Waals surface area contributed by atoms with E-state index in [0.717, 1.165) is 35.1 Å². The van der Waals surface area contributed by atoms with Gasteiger partial charge >= 0.3 is 0 Å². The molecule has 1 N–H and O–H groups in total. The van der Waals surface area contributed by atoms with Crippen molar-refractivity contribution in [1.82, 2.24) is 4.73 Å². The highest BCUT2D eigenvalue weighted by atomic mass is 16.7. The Balaban J connectivity index is 1.43. The van der Waals surface area contributed by atoms with Crippen molar-refractivity contribution >= 4 is 0 Å². The van der Waals surface area contributed by atoms with Gasteiger partial charge in [0.05, 0.1) is 11.9 Å². The number of hydrogen-bond donors (Lipinski definition) is 1. The smallest absolute Gasteiger partial charge is 0.224 e. The van der Waals surface area contributed by atoms with Crippen molar-refractivity contribution in [2.75, 3.05) is 0 Å². The predicted octanol–water partition coefficient (Wildman–Crippen LogP) is 6.68. The van der Waals surface area contributed by atoms with E-state index in [0.29, 0.717) is 5.69 Å². The normalized spacial score (nSPS) is 13.8. The zero-order valence-electron chi connectivity index (χ0n) is 22.0. The molecule has 1 aliphatic carbocycles. The summed E-state index contributed by atoms with van der Waals surface area (Å²) in [5.74, 6) is 0.249. The van der Waals surface area contributed by atoms with Gasteiger partial charge in [0.1, 0.15) is 12.2 Å². The average Bonchev–Trinajstić information content (AvgIpc) is 3.87. The fourth-order valence-electron chi connectivity index (χ4n) is 4.96. The molecule has 0 spiro atoms. The van der Waals surface area contributed by atoms with Gasteiger partial charge in [0.25, 0.3) is 0 Å². The first-order chi connectivity index (χ1) is 19.7. The first-order valence-electron chi connectivity index (χ1n) is 13.7. The fourth-order valence-corrected chi connectivity index (χ4v) is 4.96. The Morgan fingerprint density at radius 2 is 1.07 bits per heavy atom. The maximum atomic E-state index is 13.5. The molecule has 4 aromatic carbocycles. The van der Waals surface area contributed by atoms with Gasteiger partial charge in [-0.05, 0) is 41.0 Å². The molecule has 1 aromatic heterocycles. The van der Waals surface area contributed by atoms with Gasteiger partial charge in [-0.25, -0.2) is 0 Å². The summed E-state index contributed by atoms with van der Waals surface area (Å²) < 4.78 is 8.01. The van der Waals surface area contributed by atoms with Gasteiger partial charge in [-0.1, -0.05) is 121 Å². The average molecular weight is 530 g/mol. The SMILES string of the molecule is O=c1cc(C(O)C2CC2)n(OC(c2ccccc2)c2ccccc2)cc1OC(c1ccccc1)c1ccccc1. The van der Waals surface area contributed by atoms with Crippen LogP contribution in [0.3, 0.4) is 0 Å². The molecule has 0 bridgehead atoms. The maximum Gasteiger partial charge on any atom is 0.224 e. The molecule has 6 rings (SSSR count). The second-order valence-corrected chi connectivity index (χ2v) is 10.2. The third-order valence-electron chi connectivity index (χ3n) is 7.26. The number of aromatic nitrogens is 1. The summed E-state index contributed by atoms with van der Waals surface area (Å²) in [6, 6.07) is 41.0. The van der Waals surface area contributed by atoms with Gasteiger partial charge in [-0.15, -0.1) is 0 Å². The summed E-state index contributed by atoms with van der Waals surface area (Å²) in [4.78, 5) is 20.1. The Kier molecular flexibility index (Phi) is 7.47. The second-order valence-electron chi connectivity index (χ2n) is 10.2. The number of aliphatic hydroxyl groups is 1. The van der Waals surface area contributed by atoms with E-state index in [4.69, 9.17) is 9.57 Å². The topological polar surface area (TPSA) is 60.7 Å². The van der Waals surface area contributed by atoms with Crippen LogP contribution >= 0.6 is 0 Å². The van der Waals surface area contributed by atoms with Crippen molar-refractivity contribution in [3.05, 3.63) is 172 Å². The Bertz CT molecular complexity index is 1500. The summed E-state index contributed by atoms with van der Waals surface area (Å²) in [7, 11) is 0. The van der Waals surface area contributed by atoms with E-state index < -0.39 is 18.3 Å². The van der Waals surface area contributed by atoms with Crippen LogP contribution in [0.1, 0.15) is 59.1 Å². The lowest BCUT2D eigenvalue weighted by molar-refractivity contribution is 0.0300. The first kappa shape index (κ1) is 25.7. The summed E-state index contributed by atoms with van der Waals surface area (Å²) in [6.45, 7) is 0. The fraction of sp³-hybridized carbons (Fsp3) is 0.171. The third kappa shape index (κ3) is 5.70. The summed E-state index contributed by atoms with van der Waals surface area (Å²) in [5, 5.41) is 11.2. The van der Waals surface area contributed by atoms with Gasteiger partial charge in [0.2, 0.25) is 5.43 Å². The third-order valence-corrected chi connectivity index (χ3v) is 7.26. The highest BCUT2D eigenvalue weighted by Gasteiger charge is 2.34. The van der Waals surface area contributed by atoms with Gasteiger partial charge in [0.15, 0.2) is 11.9 Å². The minimum absolute atomic E-state index is 0.106. The molecular formula is C35H31NO4. The number of aliphatic hydroxyl groups excluding tert-OH is 1. The molecule has 1 atom stereocenters. The molecule has 1 aliphatic rings. The lowest BCUT2D eigenvalue weighted by atomic mass is 10.0. The highest BCUT2D eigenvalue weighted by Crippen LogP contribution is 2.41. The van der Waals surface area contributed by atoms with Crippen LogP contribution in [0.5, 0.6) is 5.75 Å². The molecule has 0 radical (unpaired) electrons. The van der Waals surface area contributed by atoms with E-state index in [2.05, 4.69) is 0 Å². The Labute approximate surface area is 233 Å². The minimum atomic E-state index is -0.812. The molecule has 5 heteroatoms. The number of hydrogen-bond acceptors (Lipinski definition) is 4. The van der Waals surface area contributed by atoms with Crippen LogP contribution in [0.2, 0.25) is 0 Å². The summed E-state index contributed by atoms with van der Waals surface area (Å²) in [5.41, 5.74) is 3.87. The van der Waals surface area contributed by atoms with Crippen molar-refractivity contribution in [1.29, 1.82) is 0 Å². The number of rotatable bonds is 10. The predicted molar refractivity (Wildman–Crippen MR) is 155 cm³/mol. The van der Waals surface area contributed by atoms with Crippen LogP contribution < -0.4 is 15.0 Å². The molecule has 40 heavy (non-hydrogen) atoms. The lowest BCUT2D eigenvalue weighted by Gasteiger charge is -2.26. The summed E-state index contributed by atoms with van der Waals surface area (Å²) >= 11 is 0. The van der Waals surface area contributed by atoms with E-state index in [1.807, 2.05) is 121 Å². The van der Waals surface area contributed by atoms with Gasteiger partial charge in [0, 0.05) is 6.07 Å². The van der Waals surface area contributed by atoms with Crippen LogP contribution in [0, 0.1) is 5.92 Å². The van der Waals surface area contributed by atoms with E-state index in [1.165, 1.54) is 10.8 Å². The molecule has 0 saturated heterocycles. The van der Waals surface area contributed by atoms with E-state index in [-0.39, 0.29) is 17.1 Å². The first-order valence-corrected chi connectivity index (χ1v) is 13.7. The van der Waals surface area contributed by atoms with Crippen LogP contribution in [-0.4, -0.2) is 9.84 Å². The van der Waals surface area contributed by atoms with Crippen molar-refractivity contribution in [2.45, 2.75) is 31.2 Å². The van der Waals surface area contributed by atoms with Crippen molar-refractivity contribution < 1.29 is 14.7 Å². The number of pyridine rings is 1. The monoisotopic (exact) mass is 529 g/mol. The molecular weight excluding hydrogens is 498 g/mol. The molecule has 1 heterocycles. The van der Waals surface area contributed by atoms with Crippen molar-refractivity contribution in [3.8, 4) is 5.75 Å². The Morgan fingerprint density at radius 1 is 0.650 bits per heavy atom. The molecule has 1 saturated carbocycles. The van der Waals surface area contributed by atoms with E-state index in [9.17, 15) is 9.90 Å². The van der Waals surface area contributed by atoms with E-state index in [1.54, 1.807) is 6.20 Å². The van der Waals surface area contributed by atoms with Crippen LogP contribution in [0.15, 0.2) is 138 Å². The molecule has 5 aromatic rings. The van der Waals surface area contributed by atoms with Crippen molar-refractivity contribution in [2.24, 2.45) is 5.92 Å². The zero-order chi connectivity index (χ0) is 27.3. The molecule has 1 unspecified atom stereocenters. The van der Waals surface area contributed by atoms with Gasteiger partial charge in [-0.2, -0.15) is 4.73 Å². The zero-order valence-corrected chi connectivity index (χ0v) is 22.0. The number of nitrogens with zero attached hydrogens (tertiary/aromatic N) is 1. The quantitative estimate of drug-likeness (QED) is 0.219. The van der Waals surface area contributed by atoms with Crippen LogP contribution in [-0.2, 0) is 0 Å². The molecule has 1 fully saturated rings. The molecule has 0 aliphatic heterocycles. The Morgan fingerprint density at radius 3 is 1.50 bits per heavy atom.